The number of carbonyl (C=O) groups is 2. The second-order valence-electron chi connectivity index (χ2n) is 6.28. The molecule has 7 heteroatoms. The number of carbonyl (C=O) groups excluding carboxylic acids is 2. The Morgan fingerprint density at radius 3 is 2.07 bits per heavy atom. The van der Waals surface area contributed by atoms with Crippen LogP contribution >= 0.6 is 0 Å². The van der Waals surface area contributed by atoms with Crippen LogP contribution in [0, 0.1) is 0 Å². The van der Waals surface area contributed by atoms with Crippen molar-refractivity contribution in [3.8, 4) is 0 Å². The molecule has 1 amide bonds. The molecule has 6 nitrogen and oxygen atoms in total. The summed E-state index contributed by atoms with van der Waals surface area (Å²) in [6.07, 6.45) is 0. The third-order valence-electron chi connectivity index (χ3n) is 4.26. The molecule has 0 radical (unpaired) electrons. The molecule has 0 bridgehead atoms. The highest BCUT2D eigenvalue weighted by atomic mass is 32.2. The fourth-order valence-corrected chi connectivity index (χ4v) is 3.31. The van der Waals surface area contributed by atoms with Gasteiger partial charge in [0.15, 0.2) is 5.78 Å². The maximum atomic E-state index is 12.8. The summed E-state index contributed by atoms with van der Waals surface area (Å²) in [7, 11) is -3.38. The lowest BCUT2D eigenvalue weighted by Crippen LogP contribution is -2.16. The second-order valence-corrected chi connectivity index (χ2v) is 8.29. The van der Waals surface area contributed by atoms with E-state index in [-0.39, 0.29) is 11.5 Å². The van der Waals surface area contributed by atoms with Crippen LogP contribution in [0.25, 0.3) is 0 Å². The van der Waals surface area contributed by atoms with Crippen molar-refractivity contribution in [2.75, 3.05) is 15.8 Å². The summed E-state index contributed by atoms with van der Waals surface area (Å²) in [5.74, 6) is -0.629. The number of sulfonamides is 1. The minimum Gasteiger partial charge on any atom is -0.321 e. The highest BCUT2D eigenvalue weighted by molar-refractivity contribution is 7.92. The van der Waals surface area contributed by atoms with Crippen molar-refractivity contribution >= 4 is 33.1 Å². The van der Waals surface area contributed by atoms with E-state index in [9.17, 15) is 18.0 Å². The first-order valence-electron chi connectivity index (χ1n) is 9.00. The van der Waals surface area contributed by atoms with Gasteiger partial charge in [-0.3, -0.25) is 14.3 Å². The topological polar surface area (TPSA) is 92.3 Å². The van der Waals surface area contributed by atoms with Gasteiger partial charge in [0.25, 0.3) is 5.91 Å². The molecule has 0 unspecified atom stereocenters. The number of amides is 1. The molecule has 0 spiro atoms. The first-order chi connectivity index (χ1) is 13.9. The number of para-hydroxylation sites is 1. The van der Waals surface area contributed by atoms with Gasteiger partial charge in [0.1, 0.15) is 0 Å². The van der Waals surface area contributed by atoms with Crippen LogP contribution in [0.2, 0.25) is 0 Å². The van der Waals surface area contributed by atoms with Crippen LogP contribution in [-0.2, 0) is 10.0 Å². The number of nitrogens with one attached hydrogen (secondary N) is 2. The quantitative estimate of drug-likeness (QED) is 0.580. The highest BCUT2D eigenvalue weighted by Crippen LogP contribution is 2.21. The Kier molecular flexibility index (Phi) is 6.09. The molecule has 0 saturated heterocycles. The van der Waals surface area contributed by atoms with Crippen LogP contribution < -0.4 is 10.0 Å². The molecule has 0 fully saturated rings. The summed E-state index contributed by atoms with van der Waals surface area (Å²) in [5, 5.41) is 2.76. The minimum atomic E-state index is -3.38. The van der Waals surface area contributed by atoms with Crippen molar-refractivity contribution in [3.63, 3.8) is 0 Å². The molecule has 0 atom stereocenters. The van der Waals surface area contributed by atoms with Gasteiger partial charge in [-0.2, -0.15) is 0 Å². The lowest BCUT2D eigenvalue weighted by Gasteiger charge is -2.11. The summed E-state index contributed by atoms with van der Waals surface area (Å²) in [6, 6.07) is 21.7. The maximum Gasteiger partial charge on any atom is 0.255 e. The fraction of sp³-hybridized carbons (Fsp3) is 0.0909. The third kappa shape index (κ3) is 5.08. The van der Waals surface area contributed by atoms with E-state index in [1.165, 1.54) is 24.3 Å². The van der Waals surface area contributed by atoms with Crippen molar-refractivity contribution in [1.82, 2.24) is 0 Å². The second kappa shape index (κ2) is 8.70. The van der Waals surface area contributed by atoms with Crippen molar-refractivity contribution in [2.24, 2.45) is 0 Å². The molecule has 3 aromatic rings. The summed E-state index contributed by atoms with van der Waals surface area (Å²) in [6.45, 7) is 1.54. The van der Waals surface area contributed by atoms with E-state index in [0.717, 1.165) is 0 Å². The minimum absolute atomic E-state index is 0.0402. The SMILES string of the molecule is CCS(=O)(=O)Nc1ccc(C(=O)Nc2ccccc2C(=O)c2ccccc2)cc1. The predicted molar refractivity (Wildman–Crippen MR) is 114 cm³/mol. The first-order valence-corrected chi connectivity index (χ1v) is 10.7. The van der Waals surface area contributed by atoms with Crippen LogP contribution in [0.15, 0.2) is 78.9 Å². The van der Waals surface area contributed by atoms with Gasteiger partial charge >= 0.3 is 0 Å². The van der Waals surface area contributed by atoms with Gasteiger partial charge in [-0.05, 0) is 43.3 Å². The predicted octanol–water partition coefficient (Wildman–Crippen LogP) is 3.93. The van der Waals surface area contributed by atoms with Crippen molar-refractivity contribution in [2.45, 2.75) is 6.92 Å². The van der Waals surface area contributed by atoms with Crippen molar-refractivity contribution in [1.29, 1.82) is 0 Å². The molecule has 148 valence electrons. The molecule has 0 aliphatic carbocycles. The molecule has 0 saturated carbocycles. The summed E-state index contributed by atoms with van der Waals surface area (Å²) >= 11 is 0. The largest absolute Gasteiger partial charge is 0.321 e. The van der Waals surface area contributed by atoms with Crippen LogP contribution in [0.4, 0.5) is 11.4 Å². The monoisotopic (exact) mass is 408 g/mol. The number of rotatable bonds is 7. The van der Waals surface area contributed by atoms with Crippen LogP contribution in [0.5, 0.6) is 0 Å². The van der Waals surface area contributed by atoms with Gasteiger partial charge in [-0.1, -0.05) is 42.5 Å². The molecule has 0 heterocycles. The number of anilines is 2. The molecule has 3 rings (SSSR count). The molecular weight excluding hydrogens is 388 g/mol. The summed E-state index contributed by atoms with van der Waals surface area (Å²) in [5.41, 5.74) is 2.04. The fourth-order valence-electron chi connectivity index (χ4n) is 2.67. The van der Waals surface area contributed by atoms with Crippen LogP contribution in [-0.4, -0.2) is 25.9 Å². The Balaban J connectivity index is 1.79. The maximum absolute atomic E-state index is 12.8. The van der Waals surface area contributed by atoms with E-state index < -0.39 is 15.9 Å². The Morgan fingerprint density at radius 1 is 0.793 bits per heavy atom. The van der Waals surface area contributed by atoms with Gasteiger partial charge in [0, 0.05) is 22.4 Å². The Hall–Kier alpha value is -3.45. The van der Waals surface area contributed by atoms with Gasteiger partial charge in [-0.15, -0.1) is 0 Å². The smallest absolute Gasteiger partial charge is 0.255 e. The normalized spacial score (nSPS) is 10.9. The van der Waals surface area contributed by atoms with E-state index >= 15 is 0 Å². The first kappa shape index (κ1) is 20.3. The molecule has 0 aromatic heterocycles. The van der Waals surface area contributed by atoms with Crippen molar-refractivity contribution < 1.29 is 18.0 Å². The molecular formula is C22H20N2O4S. The van der Waals surface area contributed by atoms with Crippen molar-refractivity contribution in [3.05, 3.63) is 95.6 Å². The Bertz CT molecular complexity index is 1120. The average molecular weight is 408 g/mol. The van der Waals surface area contributed by atoms with E-state index in [0.29, 0.717) is 28.1 Å². The van der Waals surface area contributed by atoms with E-state index in [1.54, 1.807) is 55.5 Å². The van der Waals surface area contributed by atoms with Crippen LogP contribution in [0.1, 0.15) is 33.2 Å². The van der Waals surface area contributed by atoms with Gasteiger partial charge in [0.2, 0.25) is 10.0 Å². The molecule has 2 N–H and O–H groups in total. The lowest BCUT2D eigenvalue weighted by molar-refractivity contribution is 0.102. The number of hydrogen-bond donors (Lipinski definition) is 2. The lowest BCUT2D eigenvalue weighted by atomic mass is 10.0. The standard InChI is InChI=1S/C22H20N2O4S/c1-2-29(27,28)24-18-14-12-17(13-15-18)22(26)23-20-11-7-6-10-19(20)21(25)16-8-4-3-5-9-16/h3-15,24H,2H2,1H3,(H,23,26). The number of benzene rings is 3. The zero-order chi connectivity index (χ0) is 20.9. The zero-order valence-corrected chi connectivity index (χ0v) is 16.6. The molecule has 3 aromatic carbocycles. The summed E-state index contributed by atoms with van der Waals surface area (Å²) < 4.78 is 25.7. The Morgan fingerprint density at radius 2 is 1.41 bits per heavy atom. The van der Waals surface area contributed by atoms with E-state index in [4.69, 9.17) is 0 Å². The van der Waals surface area contributed by atoms with Gasteiger partial charge < -0.3 is 5.32 Å². The molecule has 29 heavy (non-hydrogen) atoms. The molecule has 0 aliphatic heterocycles. The number of hydrogen-bond acceptors (Lipinski definition) is 4. The van der Waals surface area contributed by atoms with Gasteiger partial charge in [-0.25, -0.2) is 8.42 Å². The highest BCUT2D eigenvalue weighted by Gasteiger charge is 2.16. The molecule has 0 aliphatic rings. The third-order valence-corrected chi connectivity index (χ3v) is 5.56. The van der Waals surface area contributed by atoms with Gasteiger partial charge in [0.05, 0.1) is 11.4 Å². The van der Waals surface area contributed by atoms with E-state index in [2.05, 4.69) is 10.0 Å². The van der Waals surface area contributed by atoms with Crippen LogP contribution in [0.3, 0.4) is 0 Å². The number of ketones is 1. The summed E-state index contributed by atoms with van der Waals surface area (Å²) in [4.78, 5) is 25.4. The average Bonchev–Trinajstić information content (AvgIpc) is 2.74. The van der Waals surface area contributed by atoms with E-state index in [1.807, 2.05) is 6.07 Å². The zero-order valence-electron chi connectivity index (χ0n) is 15.8. The Labute approximate surface area is 169 Å².